The standard InChI is InChI=1S/C12H26N2O/c1-5-12(9-15-4)14-7-6-11(8-14)13-10(2)3/h10-13H,5-9H2,1-4H3. The second kappa shape index (κ2) is 6.46. The van der Waals surface area contributed by atoms with E-state index < -0.39 is 0 Å². The van der Waals surface area contributed by atoms with Crippen molar-refractivity contribution in [3.8, 4) is 0 Å². The Morgan fingerprint density at radius 1 is 1.47 bits per heavy atom. The number of methoxy groups -OCH3 is 1. The Hall–Kier alpha value is -0.120. The molecule has 1 aliphatic heterocycles. The van der Waals surface area contributed by atoms with Crippen LogP contribution in [0.2, 0.25) is 0 Å². The lowest BCUT2D eigenvalue weighted by atomic mass is 10.2. The van der Waals surface area contributed by atoms with E-state index in [9.17, 15) is 0 Å². The highest BCUT2D eigenvalue weighted by molar-refractivity contribution is 4.85. The van der Waals surface area contributed by atoms with Crippen molar-refractivity contribution in [2.75, 3.05) is 26.8 Å². The highest BCUT2D eigenvalue weighted by atomic mass is 16.5. The van der Waals surface area contributed by atoms with Gasteiger partial charge in [0.15, 0.2) is 0 Å². The van der Waals surface area contributed by atoms with Crippen LogP contribution >= 0.6 is 0 Å². The largest absolute Gasteiger partial charge is 0.383 e. The molecular formula is C12H26N2O. The van der Waals surface area contributed by atoms with Crippen molar-refractivity contribution in [1.82, 2.24) is 10.2 Å². The number of hydrogen-bond donors (Lipinski definition) is 1. The summed E-state index contributed by atoms with van der Waals surface area (Å²) in [5.41, 5.74) is 0. The fourth-order valence-electron chi connectivity index (χ4n) is 2.40. The van der Waals surface area contributed by atoms with E-state index >= 15 is 0 Å². The molecule has 0 aromatic rings. The lowest BCUT2D eigenvalue weighted by molar-refractivity contribution is 0.101. The molecule has 1 aliphatic rings. The van der Waals surface area contributed by atoms with Crippen LogP contribution in [0.5, 0.6) is 0 Å². The Bertz CT molecular complexity index is 173. The van der Waals surface area contributed by atoms with E-state index in [-0.39, 0.29) is 0 Å². The molecule has 0 bridgehead atoms. The van der Waals surface area contributed by atoms with Crippen molar-refractivity contribution in [1.29, 1.82) is 0 Å². The fraction of sp³-hybridized carbons (Fsp3) is 1.00. The highest BCUT2D eigenvalue weighted by Gasteiger charge is 2.27. The van der Waals surface area contributed by atoms with E-state index in [0.29, 0.717) is 18.1 Å². The van der Waals surface area contributed by atoms with Crippen molar-refractivity contribution < 1.29 is 4.74 Å². The molecule has 0 aromatic heterocycles. The van der Waals surface area contributed by atoms with Crippen molar-refractivity contribution in [3.63, 3.8) is 0 Å². The van der Waals surface area contributed by atoms with E-state index in [4.69, 9.17) is 4.74 Å². The topological polar surface area (TPSA) is 24.5 Å². The van der Waals surface area contributed by atoms with Gasteiger partial charge < -0.3 is 10.1 Å². The van der Waals surface area contributed by atoms with Gasteiger partial charge in [-0.2, -0.15) is 0 Å². The Balaban J connectivity index is 2.33. The van der Waals surface area contributed by atoms with E-state index in [0.717, 1.165) is 6.61 Å². The lowest BCUT2D eigenvalue weighted by Crippen LogP contribution is -2.41. The molecule has 2 unspecified atom stereocenters. The molecule has 1 saturated heterocycles. The van der Waals surface area contributed by atoms with E-state index in [1.165, 1.54) is 25.9 Å². The summed E-state index contributed by atoms with van der Waals surface area (Å²) in [5.74, 6) is 0. The third kappa shape index (κ3) is 4.09. The smallest absolute Gasteiger partial charge is 0.0617 e. The predicted octanol–water partition coefficient (Wildman–Crippen LogP) is 1.48. The van der Waals surface area contributed by atoms with Crippen LogP contribution in [0.4, 0.5) is 0 Å². The van der Waals surface area contributed by atoms with Crippen LogP contribution in [0.15, 0.2) is 0 Å². The molecular weight excluding hydrogens is 188 g/mol. The average Bonchev–Trinajstić information content (AvgIpc) is 2.61. The first-order valence-electron chi connectivity index (χ1n) is 6.16. The van der Waals surface area contributed by atoms with Gasteiger partial charge in [-0.15, -0.1) is 0 Å². The van der Waals surface area contributed by atoms with Crippen molar-refractivity contribution in [3.05, 3.63) is 0 Å². The summed E-state index contributed by atoms with van der Waals surface area (Å²) in [7, 11) is 1.79. The van der Waals surface area contributed by atoms with Gasteiger partial charge in [0.1, 0.15) is 0 Å². The molecule has 3 nitrogen and oxygen atoms in total. The van der Waals surface area contributed by atoms with Crippen molar-refractivity contribution in [2.24, 2.45) is 0 Å². The third-order valence-corrected chi connectivity index (χ3v) is 3.14. The van der Waals surface area contributed by atoms with E-state index in [1.54, 1.807) is 7.11 Å². The van der Waals surface area contributed by atoms with Gasteiger partial charge in [-0.3, -0.25) is 4.90 Å². The summed E-state index contributed by atoms with van der Waals surface area (Å²) < 4.78 is 5.26. The predicted molar refractivity (Wildman–Crippen MR) is 64.2 cm³/mol. The molecule has 1 heterocycles. The van der Waals surface area contributed by atoms with Gasteiger partial charge in [0.05, 0.1) is 6.61 Å². The second-order valence-corrected chi connectivity index (χ2v) is 4.82. The zero-order valence-corrected chi connectivity index (χ0v) is 10.6. The van der Waals surface area contributed by atoms with Crippen LogP contribution in [-0.4, -0.2) is 49.8 Å². The second-order valence-electron chi connectivity index (χ2n) is 4.82. The SMILES string of the molecule is CCC(COC)N1CCC(NC(C)C)C1. The average molecular weight is 214 g/mol. The maximum absolute atomic E-state index is 5.26. The maximum atomic E-state index is 5.26. The van der Waals surface area contributed by atoms with Crippen LogP contribution < -0.4 is 5.32 Å². The van der Waals surface area contributed by atoms with Gasteiger partial charge in [-0.1, -0.05) is 20.8 Å². The van der Waals surface area contributed by atoms with Crippen LogP contribution in [0.1, 0.15) is 33.6 Å². The molecule has 15 heavy (non-hydrogen) atoms. The Labute approximate surface area is 94.2 Å². The molecule has 0 aliphatic carbocycles. The van der Waals surface area contributed by atoms with Gasteiger partial charge in [-0.05, 0) is 12.8 Å². The highest BCUT2D eigenvalue weighted by Crippen LogP contribution is 2.15. The van der Waals surface area contributed by atoms with Crippen molar-refractivity contribution >= 4 is 0 Å². The minimum Gasteiger partial charge on any atom is -0.383 e. The number of nitrogens with one attached hydrogen (secondary N) is 1. The molecule has 3 heteroatoms. The van der Waals surface area contributed by atoms with Gasteiger partial charge in [0.25, 0.3) is 0 Å². The monoisotopic (exact) mass is 214 g/mol. The molecule has 0 saturated carbocycles. The zero-order valence-electron chi connectivity index (χ0n) is 10.6. The summed E-state index contributed by atoms with van der Waals surface area (Å²) in [5, 5.41) is 3.61. The molecule has 0 aromatic carbocycles. The van der Waals surface area contributed by atoms with E-state index in [1.807, 2.05) is 0 Å². The molecule has 2 atom stereocenters. The van der Waals surface area contributed by atoms with E-state index in [2.05, 4.69) is 31.0 Å². The molecule has 0 amide bonds. The molecule has 1 rings (SSSR count). The third-order valence-electron chi connectivity index (χ3n) is 3.14. The van der Waals surface area contributed by atoms with Gasteiger partial charge in [0.2, 0.25) is 0 Å². The summed E-state index contributed by atoms with van der Waals surface area (Å²) in [6.45, 7) is 9.94. The Morgan fingerprint density at radius 3 is 2.73 bits per heavy atom. The number of rotatable bonds is 6. The van der Waals surface area contributed by atoms with Gasteiger partial charge >= 0.3 is 0 Å². The first-order valence-corrected chi connectivity index (χ1v) is 6.16. The van der Waals surface area contributed by atoms with Crippen molar-refractivity contribution in [2.45, 2.75) is 51.7 Å². The Morgan fingerprint density at radius 2 is 2.20 bits per heavy atom. The number of nitrogens with zero attached hydrogens (tertiary/aromatic N) is 1. The molecule has 0 radical (unpaired) electrons. The molecule has 90 valence electrons. The number of ether oxygens (including phenoxy) is 1. The summed E-state index contributed by atoms with van der Waals surface area (Å²) >= 11 is 0. The van der Waals surface area contributed by atoms with Crippen LogP contribution in [0.3, 0.4) is 0 Å². The summed E-state index contributed by atoms with van der Waals surface area (Å²) in [4.78, 5) is 2.56. The van der Waals surface area contributed by atoms with Gasteiger partial charge in [0, 0.05) is 38.3 Å². The fourth-order valence-corrected chi connectivity index (χ4v) is 2.40. The Kier molecular flexibility index (Phi) is 5.58. The quantitative estimate of drug-likeness (QED) is 0.725. The van der Waals surface area contributed by atoms with Crippen LogP contribution in [0, 0.1) is 0 Å². The zero-order chi connectivity index (χ0) is 11.3. The maximum Gasteiger partial charge on any atom is 0.0617 e. The number of likely N-dealkylation sites (tertiary alicyclic amines) is 1. The minimum atomic E-state index is 0.595. The van der Waals surface area contributed by atoms with Gasteiger partial charge in [-0.25, -0.2) is 0 Å². The summed E-state index contributed by atoms with van der Waals surface area (Å²) in [6, 6.07) is 1.88. The van der Waals surface area contributed by atoms with Crippen LogP contribution in [0.25, 0.3) is 0 Å². The first kappa shape index (κ1) is 12.9. The lowest BCUT2D eigenvalue weighted by Gasteiger charge is -2.26. The molecule has 1 N–H and O–H groups in total. The number of hydrogen-bond acceptors (Lipinski definition) is 3. The minimum absolute atomic E-state index is 0.595. The first-order chi connectivity index (χ1) is 7.17. The van der Waals surface area contributed by atoms with Crippen LogP contribution in [-0.2, 0) is 4.74 Å². The summed E-state index contributed by atoms with van der Waals surface area (Å²) in [6.07, 6.45) is 2.46. The molecule has 0 spiro atoms. The molecule has 1 fully saturated rings. The normalized spacial score (nSPS) is 25.0.